The molecule has 2 aliphatic heterocycles. The molecule has 2 saturated heterocycles. The van der Waals surface area contributed by atoms with Gasteiger partial charge in [0.15, 0.2) is 5.78 Å². The second-order valence-corrected chi connectivity index (χ2v) is 10.4. The molecule has 0 aromatic carbocycles. The van der Waals surface area contributed by atoms with Gasteiger partial charge in [-0.05, 0) is 56.8 Å². The fourth-order valence-electron chi connectivity index (χ4n) is 6.13. The highest BCUT2D eigenvalue weighted by Gasteiger charge is 2.49. The topological polar surface area (TPSA) is 75.7 Å². The predicted molar refractivity (Wildman–Crippen MR) is 123 cm³/mol. The van der Waals surface area contributed by atoms with Crippen LogP contribution >= 0.6 is 0 Å². The minimum atomic E-state index is -0.513. The molecule has 2 aliphatic carbocycles. The van der Waals surface area contributed by atoms with Crippen molar-refractivity contribution in [2.75, 3.05) is 13.2 Å². The van der Waals surface area contributed by atoms with Crippen molar-refractivity contribution >= 4 is 17.6 Å². The molecule has 0 radical (unpaired) electrons. The van der Waals surface area contributed by atoms with Crippen LogP contribution in [0.25, 0.3) is 0 Å². The average molecular weight is 445 g/mol. The number of fused-ring (bicyclic) bond motifs is 1. The molecule has 2 amide bonds. The van der Waals surface area contributed by atoms with Crippen molar-refractivity contribution in [3.63, 3.8) is 0 Å². The largest absolute Gasteiger partial charge is 0.368 e. The molecule has 0 spiro atoms. The molecule has 178 valence electrons. The number of hydrogen-bond donors (Lipinski definition) is 1. The lowest BCUT2D eigenvalue weighted by molar-refractivity contribution is -0.142. The number of carbonyl (C=O) groups is 3. The number of ketones is 1. The van der Waals surface area contributed by atoms with Crippen LogP contribution < -0.4 is 5.32 Å². The van der Waals surface area contributed by atoms with Crippen LogP contribution in [0.15, 0.2) is 12.2 Å². The van der Waals surface area contributed by atoms with Crippen molar-refractivity contribution < 1.29 is 19.1 Å². The lowest BCUT2D eigenvalue weighted by atomic mass is 9.82. The summed E-state index contributed by atoms with van der Waals surface area (Å²) in [5, 5.41) is 3.21. The minimum absolute atomic E-state index is 0.00270. The van der Waals surface area contributed by atoms with Gasteiger partial charge in [-0.1, -0.05) is 51.2 Å². The fraction of sp³-hybridized carbons (Fsp3) is 0.808. The van der Waals surface area contributed by atoms with Crippen LogP contribution in [0.3, 0.4) is 0 Å². The Morgan fingerprint density at radius 1 is 1.03 bits per heavy atom. The second-order valence-electron chi connectivity index (χ2n) is 10.4. The van der Waals surface area contributed by atoms with Gasteiger partial charge in [0, 0.05) is 12.5 Å². The summed E-state index contributed by atoms with van der Waals surface area (Å²) in [5.74, 6) is 0.695. The normalized spacial score (nSPS) is 33.0. The zero-order valence-electron chi connectivity index (χ0n) is 19.6. The van der Waals surface area contributed by atoms with Crippen LogP contribution in [0.5, 0.6) is 0 Å². The van der Waals surface area contributed by atoms with Crippen LogP contribution in [-0.2, 0) is 19.1 Å². The molecule has 5 unspecified atom stereocenters. The summed E-state index contributed by atoms with van der Waals surface area (Å²) in [6.07, 6.45) is 16.4. The van der Waals surface area contributed by atoms with E-state index in [2.05, 4.69) is 24.4 Å². The van der Waals surface area contributed by atoms with Crippen molar-refractivity contribution in [1.82, 2.24) is 10.2 Å². The third kappa shape index (κ3) is 5.44. The van der Waals surface area contributed by atoms with E-state index in [1.54, 1.807) is 4.90 Å². The Labute approximate surface area is 192 Å². The molecule has 1 saturated carbocycles. The summed E-state index contributed by atoms with van der Waals surface area (Å²) in [5.41, 5.74) is 0. The van der Waals surface area contributed by atoms with E-state index in [4.69, 9.17) is 4.74 Å². The summed E-state index contributed by atoms with van der Waals surface area (Å²) in [6, 6.07) is -0.966. The quantitative estimate of drug-likeness (QED) is 0.670. The highest BCUT2D eigenvalue weighted by Crippen LogP contribution is 2.32. The number of Topliss-reactive ketones (excluding diaryl/α,β-unsaturated/α-hetero) is 1. The van der Waals surface area contributed by atoms with Crippen molar-refractivity contribution in [2.45, 2.75) is 102 Å². The number of rotatable bonds is 4. The van der Waals surface area contributed by atoms with Crippen LogP contribution in [0.1, 0.15) is 84.0 Å². The summed E-state index contributed by atoms with van der Waals surface area (Å²) in [7, 11) is 0. The van der Waals surface area contributed by atoms with Gasteiger partial charge in [-0.15, -0.1) is 0 Å². The predicted octanol–water partition coefficient (Wildman–Crippen LogP) is 3.78. The van der Waals surface area contributed by atoms with Crippen molar-refractivity contribution in [3.8, 4) is 0 Å². The maximum absolute atomic E-state index is 13.7. The van der Waals surface area contributed by atoms with E-state index in [1.165, 1.54) is 12.8 Å². The van der Waals surface area contributed by atoms with Gasteiger partial charge in [-0.2, -0.15) is 0 Å². The highest BCUT2D eigenvalue weighted by atomic mass is 16.5. The fourth-order valence-corrected chi connectivity index (χ4v) is 6.13. The van der Waals surface area contributed by atoms with Crippen LogP contribution in [0.2, 0.25) is 0 Å². The Morgan fingerprint density at radius 2 is 1.78 bits per heavy atom. The molecular weight excluding hydrogens is 404 g/mol. The van der Waals surface area contributed by atoms with Gasteiger partial charge < -0.3 is 15.0 Å². The number of likely N-dealkylation sites (tertiary alicyclic amines) is 1. The van der Waals surface area contributed by atoms with Gasteiger partial charge in [0.25, 0.3) is 0 Å². The molecule has 5 atom stereocenters. The van der Waals surface area contributed by atoms with Crippen molar-refractivity contribution in [2.24, 2.45) is 17.8 Å². The smallest absolute Gasteiger partial charge is 0.246 e. The molecule has 0 aromatic heterocycles. The lowest BCUT2D eigenvalue weighted by Gasteiger charge is -2.35. The average Bonchev–Trinajstić information content (AvgIpc) is 3.39. The third-order valence-corrected chi connectivity index (χ3v) is 8.06. The zero-order chi connectivity index (χ0) is 22.5. The zero-order valence-corrected chi connectivity index (χ0v) is 19.6. The molecule has 0 bridgehead atoms. The molecule has 2 heterocycles. The molecular formula is C26H40N2O4. The Bertz CT molecular complexity index is 715. The van der Waals surface area contributed by atoms with Gasteiger partial charge in [0.05, 0.1) is 6.10 Å². The summed E-state index contributed by atoms with van der Waals surface area (Å²) in [6.45, 7) is 2.91. The number of ether oxygens (including phenoxy) is 1. The van der Waals surface area contributed by atoms with E-state index in [0.29, 0.717) is 18.9 Å². The summed E-state index contributed by atoms with van der Waals surface area (Å²) >= 11 is 0. The van der Waals surface area contributed by atoms with E-state index >= 15 is 0 Å². The van der Waals surface area contributed by atoms with E-state index in [9.17, 15) is 14.4 Å². The summed E-state index contributed by atoms with van der Waals surface area (Å²) < 4.78 is 5.59. The Morgan fingerprint density at radius 3 is 2.59 bits per heavy atom. The number of hydrogen-bond acceptors (Lipinski definition) is 4. The Hall–Kier alpha value is -1.69. The third-order valence-electron chi connectivity index (χ3n) is 8.06. The van der Waals surface area contributed by atoms with E-state index in [1.807, 2.05) is 0 Å². The highest BCUT2D eigenvalue weighted by molar-refractivity contribution is 5.95. The van der Waals surface area contributed by atoms with Crippen LogP contribution in [0.4, 0.5) is 0 Å². The van der Waals surface area contributed by atoms with E-state index in [-0.39, 0.29) is 42.1 Å². The Kier molecular flexibility index (Phi) is 8.03. The van der Waals surface area contributed by atoms with Gasteiger partial charge in [-0.3, -0.25) is 14.4 Å². The number of carbonyl (C=O) groups excluding carboxylic acids is 3. The molecule has 4 rings (SSSR count). The Balaban J connectivity index is 1.46. The number of nitrogens with zero attached hydrogens (tertiary/aromatic N) is 1. The maximum atomic E-state index is 13.7. The molecule has 6 nitrogen and oxygen atoms in total. The van der Waals surface area contributed by atoms with Crippen LogP contribution in [-0.4, -0.2) is 53.8 Å². The molecule has 32 heavy (non-hydrogen) atoms. The first kappa shape index (κ1) is 23.5. The number of allylic oxidation sites excluding steroid dienone is 2. The summed E-state index contributed by atoms with van der Waals surface area (Å²) in [4.78, 5) is 41.2. The SMILES string of the molecule is CC1C=CCCC(C(=O)NC(C(=O)N2CCC3OCC(=O)C32)C2CCCCC2)CCCC1. The van der Waals surface area contributed by atoms with Crippen molar-refractivity contribution in [3.05, 3.63) is 12.2 Å². The first-order valence-corrected chi connectivity index (χ1v) is 13.0. The van der Waals surface area contributed by atoms with E-state index in [0.717, 1.165) is 57.8 Å². The molecule has 3 fully saturated rings. The lowest BCUT2D eigenvalue weighted by Crippen LogP contribution is -2.56. The first-order chi connectivity index (χ1) is 15.5. The van der Waals surface area contributed by atoms with Gasteiger partial charge in [0.1, 0.15) is 18.7 Å². The standard InChI is InChI=1S/C26H40N2O4/c1-18-9-5-7-13-20(14-8-6-10-18)25(30)27-23(19-11-3-2-4-12-19)26(31)28-16-15-22-24(28)21(29)17-32-22/h5,9,18-20,22-24H,2-4,6-8,10-17H2,1H3,(H,27,30). The second kappa shape index (κ2) is 11.0. The monoisotopic (exact) mass is 444 g/mol. The van der Waals surface area contributed by atoms with E-state index < -0.39 is 12.1 Å². The van der Waals surface area contributed by atoms with Gasteiger partial charge in [0.2, 0.25) is 11.8 Å². The first-order valence-electron chi connectivity index (χ1n) is 13.0. The molecule has 4 aliphatic rings. The molecule has 1 N–H and O–H groups in total. The van der Waals surface area contributed by atoms with Crippen LogP contribution in [0, 0.1) is 17.8 Å². The number of amides is 2. The minimum Gasteiger partial charge on any atom is -0.368 e. The van der Waals surface area contributed by atoms with Gasteiger partial charge in [-0.25, -0.2) is 0 Å². The van der Waals surface area contributed by atoms with Gasteiger partial charge >= 0.3 is 0 Å². The maximum Gasteiger partial charge on any atom is 0.246 e. The number of nitrogens with one attached hydrogen (secondary N) is 1. The molecule has 6 heteroatoms. The molecule has 0 aromatic rings. The van der Waals surface area contributed by atoms with Crippen molar-refractivity contribution in [1.29, 1.82) is 0 Å².